The van der Waals surface area contributed by atoms with Gasteiger partial charge >= 0.3 is 0 Å². The van der Waals surface area contributed by atoms with Gasteiger partial charge in [-0.1, -0.05) is 49.4 Å². The van der Waals surface area contributed by atoms with Gasteiger partial charge in [-0.3, -0.25) is 0 Å². The summed E-state index contributed by atoms with van der Waals surface area (Å²) in [4.78, 5) is 4.67. The van der Waals surface area contributed by atoms with Crippen LogP contribution in [0.1, 0.15) is 29.2 Å². The molecule has 102 valence electrons. The van der Waals surface area contributed by atoms with Gasteiger partial charge in [0.2, 0.25) is 0 Å². The molecule has 0 bridgehead atoms. The molecular weight excluding hydrogens is 264 g/mol. The normalized spacial score (nSPS) is 12.7. The Kier molecular flexibility index (Phi) is 3.81. The van der Waals surface area contributed by atoms with Gasteiger partial charge in [0, 0.05) is 5.38 Å². The van der Waals surface area contributed by atoms with Crippen molar-refractivity contribution < 1.29 is 0 Å². The fraction of sp³-hybridized carbons (Fsp3) is 0.235. The minimum atomic E-state index is 0.163. The van der Waals surface area contributed by atoms with E-state index in [-0.39, 0.29) is 6.04 Å². The fourth-order valence-corrected chi connectivity index (χ4v) is 3.23. The minimum absolute atomic E-state index is 0.163. The number of thiazole rings is 1. The van der Waals surface area contributed by atoms with Crippen LogP contribution in [-0.2, 0) is 0 Å². The fourth-order valence-electron chi connectivity index (χ4n) is 2.59. The number of hydrogen-bond donors (Lipinski definition) is 1. The summed E-state index contributed by atoms with van der Waals surface area (Å²) >= 11 is 1.71. The van der Waals surface area contributed by atoms with Gasteiger partial charge in [0.25, 0.3) is 0 Å². The maximum Gasteiger partial charge on any atom is 0.0898 e. The van der Waals surface area contributed by atoms with Crippen LogP contribution >= 0.6 is 11.3 Å². The number of rotatable bonds is 4. The number of nitrogens with zero attached hydrogens (tertiary/aromatic N) is 1. The van der Waals surface area contributed by atoms with Crippen LogP contribution in [-0.4, -0.2) is 11.5 Å². The number of benzene rings is 2. The lowest BCUT2D eigenvalue weighted by Crippen LogP contribution is -2.22. The second-order valence-electron chi connectivity index (χ2n) is 4.85. The van der Waals surface area contributed by atoms with Crippen LogP contribution in [0.2, 0.25) is 0 Å². The first-order valence-corrected chi connectivity index (χ1v) is 7.80. The lowest BCUT2D eigenvalue weighted by molar-refractivity contribution is 0.621. The van der Waals surface area contributed by atoms with Crippen molar-refractivity contribution >= 4 is 22.1 Å². The van der Waals surface area contributed by atoms with E-state index in [0.29, 0.717) is 0 Å². The SMILES string of the molecule is CCNC(c1csc(C)n1)c1cccc2ccccc12. The summed E-state index contributed by atoms with van der Waals surface area (Å²) < 4.78 is 0. The summed E-state index contributed by atoms with van der Waals surface area (Å²) in [6, 6.07) is 15.2. The average Bonchev–Trinajstić information content (AvgIpc) is 2.91. The predicted octanol–water partition coefficient (Wildman–Crippen LogP) is 4.30. The molecule has 0 fully saturated rings. The zero-order valence-corrected chi connectivity index (χ0v) is 12.6. The Hall–Kier alpha value is -1.71. The van der Waals surface area contributed by atoms with Gasteiger partial charge in [-0.25, -0.2) is 4.98 Å². The quantitative estimate of drug-likeness (QED) is 0.771. The Bertz CT molecular complexity index is 712. The molecule has 1 aromatic heterocycles. The lowest BCUT2D eigenvalue weighted by Gasteiger charge is -2.18. The molecule has 0 radical (unpaired) electrons. The molecule has 0 spiro atoms. The molecule has 0 aliphatic rings. The third-order valence-electron chi connectivity index (χ3n) is 3.48. The van der Waals surface area contributed by atoms with Crippen LogP contribution in [0.4, 0.5) is 0 Å². The summed E-state index contributed by atoms with van der Waals surface area (Å²) in [5, 5.41) is 9.41. The predicted molar refractivity (Wildman–Crippen MR) is 86.3 cm³/mol. The standard InChI is InChI=1S/C17H18N2S/c1-3-18-17(16-11-20-12(2)19-16)15-10-6-8-13-7-4-5-9-14(13)15/h4-11,17-18H,3H2,1-2H3. The number of hydrogen-bond acceptors (Lipinski definition) is 3. The van der Waals surface area contributed by atoms with Crippen LogP contribution in [0.25, 0.3) is 10.8 Å². The molecule has 0 aliphatic heterocycles. The van der Waals surface area contributed by atoms with E-state index in [1.807, 2.05) is 0 Å². The van der Waals surface area contributed by atoms with Crippen molar-refractivity contribution in [3.8, 4) is 0 Å². The minimum Gasteiger partial charge on any atom is -0.305 e. The summed E-state index contributed by atoms with van der Waals surface area (Å²) in [7, 11) is 0. The van der Waals surface area contributed by atoms with Crippen LogP contribution in [0.15, 0.2) is 47.8 Å². The van der Waals surface area contributed by atoms with E-state index in [4.69, 9.17) is 0 Å². The van der Waals surface area contributed by atoms with Gasteiger partial charge in [-0.15, -0.1) is 11.3 Å². The second kappa shape index (κ2) is 5.73. The van der Waals surface area contributed by atoms with Crippen molar-refractivity contribution in [2.75, 3.05) is 6.54 Å². The van der Waals surface area contributed by atoms with Gasteiger partial charge in [-0.2, -0.15) is 0 Å². The van der Waals surface area contributed by atoms with Crippen molar-refractivity contribution in [3.05, 3.63) is 64.1 Å². The van der Waals surface area contributed by atoms with Gasteiger partial charge < -0.3 is 5.32 Å². The highest BCUT2D eigenvalue weighted by Crippen LogP contribution is 2.29. The molecule has 20 heavy (non-hydrogen) atoms. The molecule has 0 amide bonds. The summed E-state index contributed by atoms with van der Waals surface area (Å²) in [5.41, 5.74) is 2.42. The lowest BCUT2D eigenvalue weighted by atomic mass is 9.97. The number of aryl methyl sites for hydroxylation is 1. The van der Waals surface area contributed by atoms with Gasteiger partial charge in [0.15, 0.2) is 0 Å². The zero-order valence-electron chi connectivity index (χ0n) is 11.8. The Morgan fingerprint density at radius 3 is 2.70 bits per heavy atom. The summed E-state index contributed by atoms with van der Waals surface area (Å²) in [5.74, 6) is 0. The highest BCUT2D eigenvalue weighted by atomic mass is 32.1. The zero-order chi connectivity index (χ0) is 13.9. The summed E-state index contributed by atoms with van der Waals surface area (Å²) in [6.45, 7) is 5.11. The van der Waals surface area contributed by atoms with E-state index in [0.717, 1.165) is 17.2 Å². The van der Waals surface area contributed by atoms with Gasteiger partial charge in [-0.05, 0) is 29.8 Å². The number of aromatic nitrogens is 1. The first-order valence-electron chi connectivity index (χ1n) is 6.92. The van der Waals surface area contributed by atoms with Crippen LogP contribution in [0, 0.1) is 6.92 Å². The maximum atomic E-state index is 4.67. The van der Waals surface area contributed by atoms with Crippen molar-refractivity contribution in [2.24, 2.45) is 0 Å². The Labute approximate surface area is 123 Å². The van der Waals surface area contributed by atoms with Crippen LogP contribution < -0.4 is 5.32 Å². The molecule has 3 rings (SSSR count). The number of nitrogens with one attached hydrogen (secondary N) is 1. The molecule has 0 saturated heterocycles. The van der Waals surface area contributed by atoms with E-state index >= 15 is 0 Å². The Balaban J connectivity index is 2.14. The molecule has 1 N–H and O–H groups in total. The van der Waals surface area contributed by atoms with E-state index in [9.17, 15) is 0 Å². The summed E-state index contributed by atoms with van der Waals surface area (Å²) in [6.07, 6.45) is 0. The van der Waals surface area contributed by atoms with Crippen LogP contribution in [0.3, 0.4) is 0 Å². The van der Waals surface area contributed by atoms with Crippen molar-refractivity contribution in [1.82, 2.24) is 10.3 Å². The molecule has 3 heteroatoms. The first-order chi connectivity index (χ1) is 9.79. The van der Waals surface area contributed by atoms with Crippen LogP contribution in [0.5, 0.6) is 0 Å². The van der Waals surface area contributed by atoms with Gasteiger partial charge in [0.1, 0.15) is 0 Å². The molecule has 2 aromatic carbocycles. The van der Waals surface area contributed by atoms with Crippen molar-refractivity contribution in [3.63, 3.8) is 0 Å². The Morgan fingerprint density at radius 2 is 1.95 bits per heavy atom. The average molecular weight is 282 g/mol. The van der Waals surface area contributed by atoms with E-state index in [1.54, 1.807) is 11.3 Å². The topological polar surface area (TPSA) is 24.9 Å². The second-order valence-corrected chi connectivity index (χ2v) is 5.91. The third kappa shape index (κ3) is 2.47. The van der Waals surface area contributed by atoms with E-state index in [2.05, 4.69) is 72.0 Å². The Morgan fingerprint density at radius 1 is 1.15 bits per heavy atom. The smallest absolute Gasteiger partial charge is 0.0898 e. The van der Waals surface area contributed by atoms with Gasteiger partial charge in [0.05, 0.1) is 16.7 Å². The van der Waals surface area contributed by atoms with Crippen molar-refractivity contribution in [1.29, 1.82) is 0 Å². The van der Waals surface area contributed by atoms with E-state index < -0.39 is 0 Å². The largest absolute Gasteiger partial charge is 0.305 e. The van der Waals surface area contributed by atoms with Crippen molar-refractivity contribution in [2.45, 2.75) is 19.9 Å². The highest BCUT2D eigenvalue weighted by Gasteiger charge is 2.17. The molecule has 3 aromatic rings. The molecular formula is C17H18N2S. The highest BCUT2D eigenvalue weighted by molar-refractivity contribution is 7.09. The monoisotopic (exact) mass is 282 g/mol. The molecule has 2 nitrogen and oxygen atoms in total. The third-order valence-corrected chi connectivity index (χ3v) is 4.27. The first kappa shape index (κ1) is 13.3. The molecule has 0 saturated carbocycles. The molecule has 0 aliphatic carbocycles. The molecule has 1 atom stereocenters. The number of fused-ring (bicyclic) bond motifs is 1. The molecule has 1 heterocycles. The maximum absolute atomic E-state index is 4.67. The van der Waals surface area contributed by atoms with E-state index in [1.165, 1.54) is 16.3 Å². The molecule has 1 unspecified atom stereocenters.